The molecule has 0 bridgehead atoms. The molecule has 0 aliphatic carbocycles. The van der Waals surface area contributed by atoms with Crippen molar-refractivity contribution in [3.8, 4) is 0 Å². The molecule has 1 N–H and O–H groups in total. The Hall–Kier alpha value is -1.69. The maximum atomic E-state index is 11.6. The van der Waals surface area contributed by atoms with Gasteiger partial charge in [-0.25, -0.2) is 9.78 Å². The van der Waals surface area contributed by atoms with E-state index in [1.54, 1.807) is 6.20 Å². The van der Waals surface area contributed by atoms with Gasteiger partial charge in [0.1, 0.15) is 5.82 Å². The number of rotatable bonds is 6. The smallest absolute Gasteiger partial charge is 0.358 e. The second-order valence-corrected chi connectivity index (χ2v) is 5.39. The van der Waals surface area contributed by atoms with Crippen LogP contribution in [0.25, 0.3) is 0 Å². The van der Waals surface area contributed by atoms with Gasteiger partial charge in [-0.1, -0.05) is 6.92 Å². The molecule has 0 aromatic carbocycles. The summed E-state index contributed by atoms with van der Waals surface area (Å²) in [5.74, 6) is 0.988. The summed E-state index contributed by atoms with van der Waals surface area (Å²) in [6.45, 7) is 6.20. The van der Waals surface area contributed by atoms with Gasteiger partial charge in [0, 0.05) is 13.1 Å². The SMILES string of the molecule is CCCN(CC1CCNCC1)c1cncc(C(=O)OC)n1. The molecule has 0 atom stereocenters. The summed E-state index contributed by atoms with van der Waals surface area (Å²) >= 11 is 0. The van der Waals surface area contributed by atoms with Crippen molar-refractivity contribution in [3.63, 3.8) is 0 Å². The minimum atomic E-state index is -0.442. The third-order valence-electron chi connectivity index (χ3n) is 3.77. The van der Waals surface area contributed by atoms with E-state index in [1.807, 2.05) is 0 Å². The van der Waals surface area contributed by atoms with Crippen molar-refractivity contribution in [2.45, 2.75) is 26.2 Å². The number of ether oxygens (including phenoxy) is 1. The summed E-state index contributed by atoms with van der Waals surface area (Å²) in [6, 6.07) is 0. The summed E-state index contributed by atoms with van der Waals surface area (Å²) in [6.07, 6.45) is 6.58. The normalized spacial score (nSPS) is 15.7. The zero-order chi connectivity index (χ0) is 15.1. The van der Waals surface area contributed by atoms with E-state index < -0.39 is 5.97 Å². The van der Waals surface area contributed by atoms with Gasteiger partial charge in [0.25, 0.3) is 0 Å². The molecule has 2 rings (SSSR count). The highest BCUT2D eigenvalue weighted by molar-refractivity contribution is 5.87. The lowest BCUT2D eigenvalue weighted by Gasteiger charge is -2.30. The van der Waals surface area contributed by atoms with Gasteiger partial charge in [-0.2, -0.15) is 0 Å². The number of carbonyl (C=O) groups is 1. The number of anilines is 1. The van der Waals surface area contributed by atoms with Crippen LogP contribution in [-0.4, -0.2) is 49.2 Å². The van der Waals surface area contributed by atoms with Gasteiger partial charge in [-0.05, 0) is 38.3 Å². The Bertz CT molecular complexity index is 461. The van der Waals surface area contributed by atoms with Crippen LogP contribution in [0.5, 0.6) is 0 Å². The number of methoxy groups -OCH3 is 1. The lowest BCUT2D eigenvalue weighted by molar-refractivity contribution is 0.0593. The summed E-state index contributed by atoms with van der Waals surface area (Å²) in [7, 11) is 1.36. The van der Waals surface area contributed by atoms with E-state index in [0.29, 0.717) is 5.92 Å². The summed E-state index contributed by atoms with van der Waals surface area (Å²) < 4.78 is 4.71. The molecule has 21 heavy (non-hydrogen) atoms. The van der Waals surface area contributed by atoms with Crippen molar-refractivity contribution >= 4 is 11.8 Å². The van der Waals surface area contributed by atoms with Crippen LogP contribution in [0.4, 0.5) is 5.82 Å². The average molecular weight is 292 g/mol. The summed E-state index contributed by atoms with van der Waals surface area (Å²) in [5.41, 5.74) is 0.265. The minimum absolute atomic E-state index is 0.265. The van der Waals surface area contributed by atoms with Crippen LogP contribution < -0.4 is 10.2 Å². The van der Waals surface area contributed by atoms with Crippen molar-refractivity contribution < 1.29 is 9.53 Å². The molecule has 1 aromatic heterocycles. The van der Waals surface area contributed by atoms with Crippen molar-refractivity contribution in [3.05, 3.63) is 18.1 Å². The highest BCUT2D eigenvalue weighted by atomic mass is 16.5. The third kappa shape index (κ3) is 4.39. The third-order valence-corrected chi connectivity index (χ3v) is 3.77. The average Bonchev–Trinajstić information content (AvgIpc) is 2.55. The van der Waals surface area contributed by atoms with Gasteiger partial charge in [-0.15, -0.1) is 0 Å². The van der Waals surface area contributed by atoms with E-state index in [1.165, 1.54) is 26.1 Å². The second kappa shape index (κ2) is 7.93. The molecule has 1 aromatic rings. The topological polar surface area (TPSA) is 67.4 Å². The quantitative estimate of drug-likeness (QED) is 0.801. The number of piperidine rings is 1. The van der Waals surface area contributed by atoms with Gasteiger partial charge in [0.15, 0.2) is 5.69 Å². The predicted molar refractivity (Wildman–Crippen MR) is 81.5 cm³/mol. The lowest BCUT2D eigenvalue weighted by atomic mass is 9.97. The summed E-state index contributed by atoms with van der Waals surface area (Å²) in [4.78, 5) is 22.3. The Morgan fingerprint density at radius 1 is 1.43 bits per heavy atom. The second-order valence-electron chi connectivity index (χ2n) is 5.39. The van der Waals surface area contributed by atoms with E-state index in [9.17, 15) is 4.79 Å². The zero-order valence-corrected chi connectivity index (χ0v) is 12.8. The molecule has 6 heteroatoms. The van der Waals surface area contributed by atoms with Crippen molar-refractivity contribution in [1.29, 1.82) is 0 Å². The molecule has 1 saturated heterocycles. The fourth-order valence-corrected chi connectivity index (χ4v) is 2.66. The molecule has 6 nitrogen and oxygen atoms in total. The largest absolute Gasteiger partial charge is 0.464 e. The van der Waals surface area contributed by atoms with Crippen LogP contribution in [0.3, 0.4) is 0 Å². The Morgan fingerprint density at radius 2 is 2.19 bits per heavy atom. The molecule has 0 radical (unpaired) electrons. The van der Waals surface area contributed by atoms with Crippen LogP contribution >= 0.6 is 0 Å². The van der Waals surface area contributed by atoms with Gasteiger partial charge >= 0.3 is 5.97 Å². The van der Waals surface area contributed by atoms with Gasteiger partial charge in [0.05, 0.1) is 19.5 Å². The molecular formula is C15H24N4O2. The number of aromatic nitrogens is 2. The first-order valence-electron chi connectivity index (χ1n) is 7.60. The Balaban J connectivity index is 2.10. The number of hydrogen-bond donors (Lipinski definition) is 1. The molecule has 1 aliphatic heterocycles. The van der Waals surface area contributed by atoms with E-state index >= 15 is 0 Å². The predicted octanol–water partition coefficient (Wildman–Crippen LogP) is 1.48. The molecule has 2 heterocycles. The van der Waals surface area contributed by atoms with E-state index in [4.69, 9.17) is 4.74 Å². The van der Waals surface area contributed by atoms with Gasteiger partial charge < -0.3 is 15.0 Å². The molecule has 0 saturated carbocycles. The Labute approximate surface area is 125 Å². The molecule has 1 fully saturated rings. The van der Waals surface area contributed by atoms with Crippen LogP contribution in [0.15, 0.2) is 12.4 Å². The Morgan fingerprint density at radius 3 is 2.86 bits per heavy atom. The minimum Gasteiger partial charge on any atom is -0.464 e. The standard InChI is InChI=1S/C15H24N4O2/c1-3-8-19(11-12-4-6-16-7-5-12)14-10-17-9-13(18-14)15(20)21-2/h9-10,12,16H,3-8,11H2,1-2H3. The van der Waals surface area contributed by atoms with Crippen molar-refractivity contribution in [2.75, 3.05) is 38.2 Å². The number of carbonyl (C=O) groups excluding carboxylic acids is 1. The lowest BCUT2D eigenvalue weighted by Crippen LogP contribution is -2.37. The van der Waals surface area contributed by atoms with Crippen LogP contribution in [-0.2, 0) is 4.74 Å². The summed E-state index contributed by atoms with van der Waals surface area (Å²) in [5, 5.41) is 3.38. The van der Waals surface area contributed by atoms with Crippen LogP contribution in [0.1, 0.15) is 36.7 Å². The molecule has 0 spiro atoms. The monoisotopic (exact) mass is 292 g/mol. The van der Waals surface area contributed by atoms with E-state index in [2.05, 4.69) is 27.1 Å². The molecular weight excluding hydrogens is 268 g/mol. The van der Waals surface area contributed by atoms with Gasteiger partial charge in [0.2, 0.25) is 0 Å². The number of esters is 1. The maximum absolute atomic E-state index is 11.6. The number of nitrogens with zero attached hydrogens (tertiary/aromatic N) is 3. The van der Waals surface area contributed by atoms with E-state index in [0.717, 1.165) is 38.4 Å². The fraction of sp³-hybridized carbons (Fsp3) is 0.667. The maximum Gasteiger partial charge on any atom is 0.358 e. The zero-order valence-electron chi connectivity index (χ0n) is 12.8. The van der Waals surface area contributed by atoms with Crippen molar-refractivity contribution in [2.24, 2.45) is 5.92 Å². The number of nitrogens with one attached hydrogen (secondary N) is 1. The van der Waals surface area contributed by atoms with Crippen molar-refractivity contribution in [1.82, 2.24) is 15.3 Å². The molecule has 1 aliphatic rings. The molecule has 0 unspecified atom stereocenters. The Kier molecular flexibility index (Phi) is 5.92. The van der Waals surface area contributed by atoms with Crippen LogP contribution in [0.2, 0.25) is 0 Å². The van der Waals surface area contributed by atoms with E-state index in [-0.39, 0.29) is 5.69 Å². The highest BCUT2D eigenvalue weighted by Gasteiger charge is 2.19. The van der Waals surface area contributed by atoms with Gasteiger partial charge in [-0.3, -0.25) is 4.98 Å². The molecule has 116 valence electrons. The highest BCUT2D eigenvalue weighted by Crippen LogP contribution is 2.18. The molecule has 0 amide bonds. The van der Waals surface area contributed by atoms with Crippen LogP contribution in [0, 0.1) is 5.92 Å². The first kappa shape index (κ1) is 15.7. The first-order valence-corrected chi connectivity index (χ1v) is 7.60. The fourth-order valence-electron chi connectivity index (χ4n) is 2.66. The number of hydrogen-bond acceptors (Lipinski definition) is 6. The first-order chi connectivity index (χ1) is 10.2.